The van der Waals surface area contributed by atoms with Crippen LogP contribution < -0.4 is 10.2 Å². The average Bonchev–Trinajstić information content (AvgIpc) is 3.33. The molecule has 4 rings (SSSR count). The molecule has 0 unspecified atom stereocenters. The largest absolute Gasteiger partial charge is 0.367 e. The number of piperazine rings is 1. The smallest absolute Gasteiger partial charge is 0.280 e. The number of amides is 2. The van der Waals surface area contributed by atoms with Crippen molar-refractivity contribution in [3.63, 3.8) is 0 Å². The number of hydrogen-bond acceptors (Lipinski definition) is 5. The van der Waals surface area contributed by atoms with Crippen molar-refractivity contribution in [2.45, 2.75) is 18.9 Å². The van der Waals surface area contributed by atoms with Crippen LogP contribution in [0.2, 0.25) is 5.02 Å². The summed E-state index contributed by atoms with van der Waals surface area (Å²) in [5.74, 6) is -0.300. The van der Waals surface area contributed by atoms with Crippen LogP contribution in [-0.4, -0.2) is 53.9 Å². The Morgan fingerprint density at radius 1 is 1.15 bits per heavy atom. The van der Waals surface area contributed by atoms with Gasteiger partial charge in [-0.05, 0) is 25.0 Å². The topological polar surface area (TPSA) is 65.5 Å². The lowest BCUT2D eigenvalue weighted by Crippen LogP contribution is -2.49. The molecular weight excluding hydrogens is 372 g/mol. The van der Waals surface area contributed by atoms with Gasteiger partial charge in [-0.15, -0.1) is 11.3 Å². The van der Waals surface area contributed by atoms with E-state index in [1.165, 1.54) is 11.3 Å². The molecule has 1 aliphatic heterocycles. The Morgan fingerprint density at radius 2 is 1.88 bits per heavy atom. The number of carbonyl (C=O) groups is 2. The van der Waals surface area contributed by atoms with E-state index in [-0.39, 0.29) is 17.9 Å². The molecule has 2 aliphatic rings. The molecule has 2 heterocycles. The van der Waals surface area contributed by atoms with Crippen LogP contribution in [0.3, 0.4) is 0 Å². The summed E-state index contributed by atoms with van der Waals surface area (Å²) in [6.45, 7) is 2.64. The normalized spacial score (nSPS) is 17.3. The number of benzene rings is 1. The molecule has 2 fully saturated rings. The van der Waals surface area contributed by atoms with Crippen LogP contribution in [0.1, 0.15) is 33.1 Å². The van der Waals surface area contributed by atoms with Crippen molar-refractivity contribution < 1.29 is 9.59 Å². The fraction of sp³-hybridized carbons (Fsp3) is 0.389. The van der Waals surface area contributed by atoms with E-state index in [2.05, 4.69) is 15.2 Å². The van der Waals surface area contributed by atoms with Crippen molar-refractivity contribution in [1.29, 1.82) is 0 Å². The van der Waals surface area contributed by atoms with Crippen LogP contribution in [0.4, 0.5) is 5.69 Å². The molecule has 1 N–H and O–H groups in total. The Bertz CT molecular complexity index is 828. The van der Waals surface area contributed by atoms with Crippen molar-refractivity contribution in [3.8, 4) is 0 Å². The third-order valence-electron chi connectivity index (χ3n) is 4.59. The average molecular weight is 391 g/mol. The highest BCUT2D eigenvalue weighted by molar-refractivity contribution is 7.11. The lowest BCUT2D eigenvalue weighted by Gasteiger charge is -2.36. The summed E-state index contributed by atoms with van der Waals surface area (Å²) in [6, 6.07) is 8.01. The van der Waals surface area contributed by atoms with Crippen LogP contribution in [-0.2, 0) is 0 Å². The Hall–Kier alpha value is -2.12. The fourth-order valence-corrected chi connectivity index (χ4v) is 3.92. The van der Waals surface area contributed by atoms with E-state index in [4.69, 9.17) is 11.6 Å². The van der Waals surface area contributed by atoms with E-state index in [0.717, 1.165) is 23.6 Å². The van der Waals surface area contributed by atoms with Crippen molar-refractivity contribution in [2.24, 2.45) is 0 Å². The minimum atomic E-state index is -0.180. The molecule has 26 heavy (non-hydrogen) atoms. The lowest BCUT2D eigenvalue weighted by molar-refractivity contribution is 0.0741. The molecular formula is C18H19ClN4O2S. The SMILES string of the molecule is O=C(NC1CC1)c1nc(C(=O)N2CCN(c3ccccc3Cl)CC2)cs1. The first-order valence-electron chi connectivity index (χ1n) is 8.67. The number of carbonyl (C=O) groups excluding carboxylic acids is 2. The maximum absolute atomic E-state index is 12.7. The van der Waals surface area contributed by atoms with Gasteiger partial charge in [-0.25, -0.2) is 4.98 Å². The summed E-state index contributed by atoms with van der Waals surface area (Å²) in [4.78, 5) is 32.9. The molecule has 1 aromatic heterocycles. The van der Waals surface area contributed by atoms with Gasteiger partial charge >= 0.3 is 0 Å². The third kappa shape index (κ3) is 3.68. The summed E-state index contributed by atoms with van der Waals surface area (Å²) in [6.07, 6.45) is 2.05. The molecule has 0 atom stereocenters. The Morgan fingerprint density at radius 3 is 2.58 bits per heavy atom. The number of hydrogen-bond donors (Lipinski definition) is 1. The minimum absolute atomic E-state index is 0.120. The van der Waals surface area contributed by atoms with Crippen LogP contribution in [0.5, 0.6) is 0 Å². The highest BCUT2D eigenvalue weighted by atomic mass is 35.5. The molecule has 1 aromatic carbocycles. The first-order chi connectivity index (χ1) is 12.6. The zero-order chi connectivity index (χ0) is 18.1. The number of para-hydroxylation sites is 1. The third-order valence-corrected chi connectivity index (χ3v) is 5.75. The standard InChI is InChI=1S/C18H19ClN4O2S/c19-13-3-1-2-4-15(13)22-7-9-23(10-8-22)18(25)14-11-26-17(21-14)16(24)20-12-5-6-12/h1-4,11-12H,5-10H2,(H,20,24). The van der Waals surface area contributed by atoms with Crippen molar-refractivity contribution >= 4 is 40.4 Å². The van der Waals surface area contributed by atoms with E-state index in [1.807, 2.05) is 24.3 Å². The number of aromatic nitrogens is 1. The van der Waals surface area contributed by atoms with Crippen LogP contribution >= 0.6 is 22.9 Å². The lowest BCUT2D eigenvalue weighted by atomic mass is 10.2. The predicted molar refractivity (Wildman–Crippen MR) is 102 cm³/mol. The molecule has 2 amide bonds. The first-order valence-corrected chi connectivity index (χ1v) is 9.93. The molecule has 1 saturated heterocycles. The van der Waals surface area contributed by atoms with Gasteiger partial charge in [0, 0.05) is 37.6 Å². The van der Waals surface area contributed by atoms with Crippen molar-refractivity contribution in [2.75, 3.05) is 31.1 Å². The van der Waals surface area contributed by atoms with E-state index in [0.29, 0.717) is 36.9 Å². The van der Waals surface area contributed by atoms with Gasteiger partial charge < -0.3 is 15.1 Å². The van der Waals surface area contributed by atoms with Crippen LogP contribution in [0.15, 0.2) is 29.6 Å². The highest BCUT2D eigenvalue weighted by Gasteiger charge is 2.28. The van der Waals surface area contributed by atoms with Gasteiger partial charge in [-0.2, -0.15) is 0 Å². The molecule has 0 radical (unpaired) electrons. The van der Waals surface area contributed by atoms with Crippen LogP contribution in [0.25, 0.3) is 0 Å². The molecule has 0 bridgehead atoms. The Kier molecular flexibility index (Phi) is 4.82. The van der Waals surface area contributed by atoms with Gasteiger partial charge in [0.25, 0.3) is 11.8 Å². The summed E-state index contributed by atoms with van der Waals surface area (Å²) >= 11 is 7.48. The second-order valence-corrected chi connectivity index (χ2v) is 7.78. The molecule has 136 valence electrons. The number of thiazole rings is 1. The summed E-state index contributed by atoms with van der Waals surface area (Å²) < 4.78 is 0. The minimum Gasteiger partial charge on any atom is -0.367 e. The Balaban J connectivity index is 1.37. The summed E-state index contributed by atoms with van der Waals surface area (Å²) in [7, 11) is 0. The summed E-state index contributed by atoms with van der Waals surface area (Å²) in [5.41, 5.74) is 1.34. The fourth-order valence-electron chi connectivity index (χ4n) is 2.97. The second kappa shape index (κ2) is 7.25. The Labute approximate surface area is 160 Å². The van der Waals surface area contributed by atoms with E-state index < -0.39 is 0 Å². The van der Waals surface area contributed by atoms with Crippen molar-refractivity contribution in [1.82, 2.24) is 15.2 Å². The molecule has 1 saturated carbocycles. The number of nitrogens with zero attached hydrogens (tertiary/aromatic N) is 3. The number of halogens is 1. The molecule has 0 spiro atoms. The van der Waals surface area contributed by atoms with E-state index in [9.17, 15) is 9.59 Å². The number of nitrogens with one attached hydrogen (secondary N) is 1. The van der Waals surface area contributed by atoms with Gasteiger partial charge in [-0.3, -0.25) is 9.59 Å². The predicted octanol–water partition coefficient (Wildman–Crippen LogP) is 2.65. The number of rotatable bonds is 4. The maximum Gasteiger partial charge on any atom is 0.280 e. The zero-order valence-electron chi connectivity index (χ0n) is 14.2. The van der Waals surface area contributed by atoms with Gasteiger partial charge in [0.1, 0.15) is 5.69 Å². The molecule has 8 heteroatoms. The highest BCUT2D eigenvalue weighted by Crippen LogP contribution is 2.26. The van der Waals surface area contributed by atoms with E-state index in [1.54, 1.807) is 10.3 Å². The van der Waals surface area contributed by atoms with Gasteiger partial charge in [0.05, 0.1) is 10.7 Å². The first kappa shape index (κ1) is 17.3. The molecule has 2 aromatic rings. The van der Waals surface area contributed by atoms with Gasteiger partial charge in [0.15, 0.2) is 5.01 Å². The molecule has 6 nitrogen and oxygen atoms in total. The zero-order valence-corrected chi connectivity index (χ0v) is 15.7. The quantitative estimate of drug-likeness (QED) is 0.871. The van der Waals surface area contributed by atoms with Gasteiger partial charge in [-0.1, -0.05) is 23.7 Å². The number of anilines is 1. The monoisotopic (exact) mass is 390 g/mol. The van der Waals surface area contributed by atoms with Crippen molar-refractivity contribution in [3.05, 3.63) is 45.4 Å². The summed E-state index contributed by atoms with van der Waals surface area (Å²) in [5, 5.41) is 5.64. The maximum atomic E-state index is 12.7. The van der Waals surface area contributed by atoms with Gasteiger partial charge in [0.2, 0.25) is 0 Å². The van der Waals surface area contributed by atoms with Crippen LogP contribution in [0, 0.1) is 0 Å². The van der Waals surface area contributed by atoms with E-state index >= 15 is 0 Å². The second-order valence-electron chi connectivity index (χ2n) is 6.52. The molecule has 1 aliphatic carbocycles.